The molecule has 110 valence electrons. The summed E-state index contributed by atoms with van der Waals surface area (Å²) in [7, 11) is -3.90. The second-order valence-corrected chi connectivity index (χ2v) is 6.06. The molecule has 0 aliphatic heterocycles. The van der Waals surface area contributed by atoms with Crippen molar-refractivity contribution in [2.45, 2.75) is 17.7 Å². The van der Waals surface area contributed by atoms with Gasteiger partial charge in [0.1, 0.15) is 13.1 Å². The number of carboxylic acid groups (broad SMARTS) is 1. The molecule has 0 spiro atoms. The average Bonchev–Trinajstić information content (AvgIpc) is 2.45. The molecule has 0 unspecified atom stereocenters. The number of sulfonamides is 1. The fourth-order valence-electron chi connectivity index (χ4n) is 1.61. The van der Waals surface area contributed by atoms with Gasteiger partial charge in [-0.25, -0.2) is 8.42 Å². The molecule has 0 aliphatic carbocycles. The van der Waals surface area contributed by atoms with Crippen molar-refractivity contribution in [3.63, 3.8) is 0 Å². The molecular weight excluding hydrogens is 294 g/mol. The third-order valence-corrected chi connectivity index (χ3v) is 4.49. The molecule has 0 bridgehead atoms. The molecule has 1 rings (SSSR count). The van der Waals surface area contributed by atoms with Gasteiger partial charge in [0.05, 0.1) is 17.0 Å². The van der Waals surface area contributed by atoms with Crippen molar-refractivity contribution >= 4 is 16.0 Å². The molecule has 0 saturated heterocycles. The Bertz CT molecular complexity index is 668. The van der Waals surface area contributed by atoms with Gasteiger partial charge in [-0.1, -0.05) is 12.1 Å². The van der Waals surface area contributed by atoms with Crippen molar-refractivity contribution in [2.24, 2.45) is 0 Å². The number of aryl methyl sites for hydroxylation is 1. The van der Waals surface area contributed by atoms with E-state index < -0.39 is 29.1 Å². The molecule has 7 nitrogen and oxygen atoms in total. The summed E-state index contributed by atoms with van der Waals surface area (Å²) in [6.07, 6.45) is 0.261. The Morgan fingerprint density at radius 1 is 1.14 bits per heavy atom. The molecule has 8 heteroatoms. The summed E-state index contributed by atoms with van der Waals surface area (Å²) >= 11 is 0. The molecule has 0 radical (unpaired) electrons. The van der Waals surface area contributed by atoms with Gasteiger partial charge in [0.2, 0.25) is 10.0 Å². The van der Waals surface area contributed by atoms with E-state index in [1.807, 2.05) is 0 Å². The Balaban J connectivity index is 2.96. The smallest absolute Gasteiger partial charge is 0.303 e. The van der Waals surface area contributed by atoms with Crippen molar-refractivity contribution in [1.29, 1.82) is 10.5 Å². The summed E-state index contributed by atoms with van der Waals surface area (Å²) in [5.74, 6) is -0.930. The first-order chi connectivity index (χ1) is 9.91. The predicted octanol–water partition coefficient (Wildman–Crippen LogP) is 0.742. The zero-order valence-electron chi connectivity index (χ0n) is 11.1. The molecule has 0 saturated carbocycles. The van der Waals surface area contributed by atoms with Crippen LogP contribution in [0.2, 0.25) is 0 Å². The minimum absolute atomic E-state index is 0.0351. The third-order valence-electron chi connectivity index (χ3n) is 2.68. The van der Waals surface area contributed by atoms with Crippen LogP contribution in [0, 0.1) is 22.7 Å². The van der Waals surface area contributed by atoms with E-state index in [-0.39, 0.29) is 11.3 Å². The minimum atomic E-state index is -3.90. The summed E-state index contributed by atoms with van der Waals surface area (Å²) in [5.41, 5.74) is 0.698. The summed E-state index contributed by atoms with van der Waals surface area (Å²) in [4.78, 5) is 10.4. The van der Waals surface area contributed by atoms with E-state index in [4.69, 9.17) is 15.6 Å². The minimum Gasteiger partial charge on any atom is -0.481 e. The van der Waals surface area contributed by atoms with Gasteiger partial charge in [-0.3, -0.25) is 4.79 Å². The number of aliphatic carboxylic acids is 1. The third kappa shape index (κ3) is 4.56. The van der Waals surface area contributed by atoms with Gasteiger partial charge < -0.3 is 5.11 Å². The van der Waals surface area contributed by atoms with Crippen LogP contribution in [0.25, 0.3) is 0 Å². The maximum atomic E-state index is 12.2. The summed E-state index contributed by atoms with van der Waals surface area (Å²) in [6, 6.07) is 9.13. The average molecular weight is 307 g/mol. The molecule has 0 fully saturated rings. The van der Waals surface area contributed by atoms with Gasteiger partial charge in [0, 0.05) is 6.42 Å². The molecule has 1 aromatic rings. The maximum absolute atomic E-state index is 12.2. The number of hydrogen-bond acceptors (Lipinski definition) is 5. The SMILES string of the molecule is N#CCN(CC#N)S(=O)(=O)c1ccc(CCC(=O)O)cc1. The fourth-order valence-corrected chi connectivity index (χ4v) is 2.85. The topological polar surface area (TPSA) is 122 Å². The van der Waals surface area contributed by atoms with Crippen LogP contribution in [0.15, 0.2) is 29.2 Å². The van der Waals surface area contributed by atoms with Gasteiger partial charge in [0.25, 0.3) is 0 Å². The Kier molecular flexibility index (Phi) is 5.85. The van der Waals surface area contributed by atoms with Crippen LogP contribution < -0.4 is 0 Å². The lowest BCUT2D eigenvalue weighted by Gasteiger charge is -2.16. The molecule has 21 heavy (non-hydrogen) atoms. The first-order valence-corrected chi connectivity index (χ1v) is 7.40. The van der Waals surface area contributed by atoms with E-state index in [1.54, 1.807) is 12.1 Å². The van der Waals surface area contributed by atoms with Crippen molar-refractivity contribution in [1.82, 2.24) is 4.31 Å². The van der Waals surface area contributed by atoms with Crippen molar-refractivity contribution in [2.75, 3.05) is 13.1 Å². The monoisotopic (exact) mass is 307 g/mol. The molecule has 0 atom stereocenters. The highest BCUT2D eigenvalue weighted by atomic mass is 32.2. The van der Waals surface area contributed by atoms with Crippen LogP contribution in [0.1, 0.15) is 12.0 Å². The normalized spacial score (nSPS) is 10.8. The van der Waals surface area contributed by atoms with E-state index in [9.17, 15) is 13.2 Å². The Labute approximate surface area is 122 Å². The largest absolute Gasteiger partial charge is 0.481 e. The molecule has 1 N–H and O–H groups in total. The van der Waals surface area contributed by atoms with Crippen molar-refractivity contribution in [3.05, 3.63) is 29.8 Å². The highest BCUT2D eigenvalue weighted by Crippen LogP contribution is 2.16. The van der Waals surface area contributed by atoms with Gasteiger partial charge >= 0.3 is 5.97 Å². The van der Waals surface area contributed by atoms with E-state index in [2.05, 4.69) is 0 Å². The number of hydrogen-bond donors (Lipinski definition) is 1. The first kappa shape index (κ1) is 16.6. The predicted molar refractivity (Wildman–Crippen MR) is 72.4 cm³/mol. The molecule has 1 aromatic carbocycles. The Morgan fingerprint density at radius 2 is 1.67 bits per heavy atom. The van der Waals surface area contributed by atoms with Crippen LogP contribution >= 0.6 is 0 Å². The Hall–Kier alpha value is -2.42. The standard InChI is InChI=1S/C13H13N3O4S/c14-7-9-16(10-8-15)21(19,20)12-4-1-11(2-5-12)3-6-13(17)18/h1-2,4-5H,3,6,9-10H2,(H,17,18). The molecular formula is C13H13N3O4S. The summed E-state index contributed by atoms with van der Waals surface area (Å²) in [5, 5.41) is 25.8. The quantitative estimate of drug-likeness (QED) is 0.741. The van der Waals surface area contributed by atoms with Crippen molar-refractivity contribution < 1.29 is 18.3 Å². The summed E-state index contributed by atoms with van der Waals surface area (Å²) in [6.45, 7) is -0.812. The number of benzene rings is 1. The van der Waals surface area contributed by atoms with Gasteiger partial charge in [-0.15, -0.1) is 0 Å². The highest BCUT2D eigenvalue weighted by Gasteiger charge is 2.23. The van der Waals surface area contributed by atoms with Gasteiger partial charge in [-0.2, -0.15) is 14.8 Å². The summed E-state index contributed by atoms with van der Waals surface area (Å²) < 4.78 is 25.2. The second kappa shape index (κ2) is 7.39. The van der Waals surface area contributed by atoms with Gasteiger partial charge in [-0.05, 0) is 24.1 Å². The first-order valence-electron chi connectivity index (χ1n) is 5.96. The van der Waals surface area contributed by atoms with Crippen molar-refractivity contribution in [3.8, 4) is 12.1 Å². The lowest BCUT2D eigenvalue weighted by atomic mass is 10.1. The lowest BCUT2D eigenvalue weighted by Crippen LogP contribution is -2.31. The maximum Gasteiger partial charge on any atom is 0.303 e. The number of rotatable bonds is 7. The highest BCUT2D eigenvalue weighted by molar-refractivity contribution is 7.89. The number of carboxylic acids is 1. The van der Waals surface area contributed by atoms with E-state index in [1.165, 1.54) is 24.3 Å². The van der Waals surface area contributed by atoms with E-state index in [0.29, 0.717) is 12.0 Å². The van der Waals surface area contributed by atoms with Crippen LogP contribution in [-0.4, -0.2) is 36.9 Å². The van der Waals surface area contributed by atoms with Crippen LogP contribution in [0.4, 0.5) is 0 Å². The second-order valence-electron chi connectivity index (χ2n) is 4.13. The molecule has 0 amide bonds. The fraction of sp³-hybridized carbons (Fsp3) is 0.308. The number of carbonyl (C=O) groups is 1. The molecule has 0 heterocycles. The lowest BCUT2D eigenvalue weighted by molar-refractivity contribution is -0.136. The van der Waals surface area contributed by atoms with E-state index in [0.717, 1.165) is 4.31 Å². The zero-order valence-corrected chi connectivity index (χ0v) is 11.9. The number of nitrogens with zero attached hydrogens (tertiary/aromatic N) is 3. The van der Waals surface area contributed by atoms with Crippen LogP contribution in [0.5, 0.6) is 0 Å². The zero-order chi connectivity index (χ0) is 15.9. The number of nitriles is 2. The van der Waals surface area contributed by atoms with Crippen LogP contribution in [-0.2, 0) is 21.2 Å². The molecule has 0 aliphatic rings. The van der Waals surface area contributed by atoms with Crippen LogP contribution in [0.3, 0.4) is 0 Å². The van der Waals surface area contributed by atoms with E-state index >= 15 is 0 Å². The Morgan fingerprint density at radius 3 is 2.10 bits per heavy atom. The van der Waals surface area contributed by atoms with Gasteiger partial charge in [0.15, 0.2) is 0 Å². The molecule has 0 aromatic heterocycles.